The van der Waals surface area contributed by atoms with Crippen LogP contribution in [-0.4, -0.2) is 6.71 Å². The van der Waals surface area contributed by atoms with Crippen LogP contribution in [0.4, 0.5) is 0 Å². The Morgan fingerprint density at radius 1 is 1.00 bits per heavy atom. The SMILES string of the molecule is CCB(CC)[C@@H](CC)c1ccccc1. The first-order chi connectivity index (χ1) is 6.83. The molecule has 0 saturated heterocycles. The summed E-state index contributed by atoms with van der Waals surface area (Å²) in [5.41, 5.74) is 1.52. The largest absolute Gasteiger partial charge is 0.147 e. The highest BCUT2D eigenvalue weighted by Gasteiger charge is 2.21. The van der Waals surface area contributed by atoms with Gasteiger partial charge in [-0.1, -0.05) is 75.7 Å². The van der Waals surface area contributed by atoms with E-state index >= 15 is 0 Å². The van der Waals surface area contributed by atoms with Crippen LogP contribution >= 0.6 is 0 Å². The molecule has 14 heavy (non-hydrogen) atoms. The summed E-state index contributed by atoms with van der Waals surface area (Å²) in [5.74, 6) is 0.756. The summed E-state index contributed by atoms with van der Waals surface area (Å²) >= 11 is 0. The molecule has 0 radical (unpaired) electrons. The van der Waals surface area contributed by atoms with E-state index < -0.39 is 0 Å². The van der Waals surface area contributed by atoms with Crippen LogP contribution in [0.3, 0.4) is 0 Å². The summed E-state index contributed by atoms with van der Waals surface area (Å²) in [6.07, 6.45) is 3.85. The minimum Gasteiger partial charge on any atom is -0.0765 e. The lowest BCUT2D eigenvalue weighted by Gasteiger charge is -2.21. The summed E-state index contributed by atoms with van der Waals surface area (Å²) in [7, 11) is 0. The van der Waals surface area contributed by atoms with Gasteiger partial charge in [-0.15, -0.1) is 0 Å². The van der Waals surface area contributed by atoms with Gasteiger partial charge < -0.3 is 0 Å². The topological polar surface area (TPSA) is 0 Å². The third-order valence-corrected chi connectivity index (χ3v) is 3.29. The van der Waals surface area contributed by atoms with Gasteiger partial charge in [-0.3, -0.25) is 0 Å². The molecule has 0 amide bonds. The molecule has 0 aromatic heterocycles. The monoisotopic (exact) mass is 188 g/mol. The molecule has 0 saturated carbocycles. The zero-order valence-corrected chi connectivity index (χ0v) is 9.66. The van der Waals surface area contributed by atoms with Gasteiger partial charge in [0.25, 0.3) is 0 Å². The maximum atomic E-state index is 2.31. The molecule has 0 fully saturated rings. The fourth-order valence-corrected chi connectivity index (χ4v) is 2.40. The third kappa shape index (κ3) is 2.63. The molecule has 0 spiro atoms. The minimum absolute atomic E-state index is 0.756. The molecule has 0 unspecified atom stereocenters. The van der Waals surface area contributed by atoms with E-state index in [2.05, 4.69) is 51.1 Å². The second-order valence-corrected chi connectivity index (χ2v) is 4.00. The summed E-state index contributed by atoms with van der Waals surface area (Å²) in [4.78, 5) is 0. The summed E-state index contributed by atoms with van der Waals surface area (Å²) in [5, 5.41) is 0. The van der Waals surface area contributed by atoms with Crippen LogP contribution in [0.15, 0.2) is 30.3 Å². The first-order valence-electron chi connectivity index (χ1n) is 5.88. The Balaban J connectivity index is 2.81. The Labute approximate surface area is 88.8 Å². The van der Waals surface area contributed by atoms with Gasteiger partial charge in [0.05, 0.1) is 0 Å². The van der Waals surface area contributed by atoms with Crippen LogP contribution in [0.5, 0.6) is 0 Å². The van der Waals surface area contributed by atoms with E-state index in [1.54, 1.807) is 0 Å². The quantitative estimate of drug-likeness (QED) is 0.605. The molecule has 0 aliphatic heterocycles. The van der Waals surface area contributed by atoms with Crippen molar-refractivity contribution in [1.29, 1.82) is 0 Å². The molecule has 1 aromatic carbocycles. The summed E-state index contributed by atoms with van der Waals surface area (Å²) < 4.78 is 0. The molecule has 0 N–H and O–H groups in total. The standard InChI is InChI=1S/C13H21B/c1-4-13(14(5-2)6-3)12-10-8-7-9-11-12/h7-11,13H,4-6H2,1-3H3/t13-/m0/s1. The third-order valence-electron chi connectivity index (χ3n) is 3.29. The van der Waals surface area contributed by atoms with Crippen molar-refractivity contribution in [1.82, 2.24) is 0 Å². The van der Waals surface area contributed by atoms with Crippen molar-refractivity contribution >= 4 is 6.71 Å². The maximum absolute atomic E-state index is 2.31. The van der Waals surface area contributed by atoms with Gasteiger partial charge in [0.1, 0.15) is 6.71 Å². The molecular formula is C13H21B. The van der Waals surface area contributed by atoms with Gasteiger partial charge in [-0.05, 0) is 5.82 Å². The van der Waals surface area contributed by atoms with E-state index in [1.807, 2.05) is 0 Å². The van der Waals surface area contributed by atoms with Crippen molar-refractivity contribution in [3.63, 3.8) is 0 Å². The molecule has 1 atom stereocenters. The minimum atomic E-state index is 0.756. The molecule has 0 heterocycles. The van der Waals surface area contributed by atoms with Crippen molar-refractivity contribution in [2.45, 2.75) is 45.6 Å². The highest BCUT2D eigenvalue weighted by Crippen LogP contribution is 2.26. The summed E-state index contributed by atoms with van der Waals surface area (Å²) in [6.45, 7) is 7.76. The normalized spacial score (nSPS) is 12.5. The van der Waals surface area contributed by atoms with E-state index in [0.717, 1.165) is 12.5 Å². The zero-order chi connectivity index (χ0) is 10.4. The van der Waals surface area contributed by atoms with Gasteiger partial charge >= 0.3 is 0 Å². The van der Waals surface area contributed by atoms with E-state index in [4.69, 9.17) is 0 Å². The Kier molecular flexibility index (Phi) is 4.79. The van der Waals surface area contributed by atoms with Crippen LogP contribution in [0.25, 0.3) is 0 Å². The van der Waals surface area contributed by atoms with Crippen molar-refractivity contribution in [2.75, 3.05) is 0 Å². The number of hydrogen-bond acceptors (Lipinski definition) is 0. The van der Waals surface area contributed by atoms with Gasteiger partial charge in [0, 0.05) is 0 Å². The molecule has 1 aromatic rings. The van der Waals surface area contributed by atoms with E-state index in [9.17, 15) is 0 Å². The molecule has 0 aliphatic rings. The van der Waals surface area contributed by atoms with Crippen LogP contribution in [0.2, 0.25) is 12.6 Å². The number of benzene rings is 1. The second-order valence-electron chi connectivity index (χ2n) is 4.00. The Morgan fingerprint density at radius 2 is 1.57 bits per heavy atom. The Hall–Kier alpha value is -0.715. The van der Waals surface area contributed by atoms with Crippen LogP contribution in [0.1, 0.15) is 38.6 Å². The van der Waals surface area contributed by atoms with E-state index in [0.29, 0.717) is 0 Å². The predicted molar refractivity (Wildman–Crippen MR) is 66.2 cm³/mol. The van der Waals surface area contributed by atoms with Crippen LogP contribution < -0.4 is 0 Å². The lowest BCUT2D eigenvalue weighted by atomic mass is 9.36. The van der Waals surface area contributed by atoms with E-state index in [1.165, 1.54) is 24.6 Å². The van der Waals surface area contributed by atoms with E-state index in [-0.39, 0.29) is 0 Å². The molecule has 1 heteroatoms. The highest BCUT2D eigenvalue weighted by atomic mass is 14.0. The van der Waals surface area contributed by atoms with Crippen molar-refractivity contribution in [2.24, 2.45) is 0 Å². The molecule has 76 valence electrons. The van der Waals surface area contributed by atoms with Crippen LogP contribution in [-0.2, 0) is 0 Å². The van der Waals surface area contributed by atoms with Gasteiger partial charge in [0.2, 0.25) is 0 Å². The number of hydrogen-bond donors (Lipinski definition) is 0. The first-order valence-corrected chi connectivity index (χ1v) is 5.88. The fourth-order valence-electron chi connectivity index (χ4n) is 2.40. The predicted octanol–water partition coefficient (Wildman–Crippen LogP) is 4.25. The molecule has 1 rings (SSSR count). The fraction of sp³-hybridized carbons (Fsp3) is 0.538. The Morgan fingerprint density at radius 3 is 2.00 bits per heavy atom. The Bertz CT molecular complexity index is 239. The second kappa shape index (κ2) is 5.90. The van der Waals surface area contributed by atoms with Crippen molar-refractivity contribution in [3.05, 3.63) is 35.9 Å². The maximum Gasteiger partial charge on any atom is 0.147 e. The molecule has 0 aliphatic carbocycles. The molecule has 0 bridgehead atoms. The van der Waals surface area contributed by atoms with Gasteiger partial charge in [-0.2, -0.15) is 0 Å². The zero-order valence-electron chi connectivity index (χ0n) is 9.66. The molecule has 0 nitrogen and oxygen atoms in total. The lowest BCUT2D eigenvalue weighted by molar-refractivity contribution is 0.845. The van der Waals surface area contributed by atoms with Crippen LogP contribution in [0, 0.1) is 0 Å². The van der Waals surface area contributed by atoms with Crippen molar-refractivity contribution < 1.29 is 0 Å². The smallest absolute Gasteiger partial charge is 0.0765 e. The average molecular weight is 188 g/mol. The highest BCUT2D eigenvalue weighted by molar-refractivity contribution is 6.60. The van der Waals surface area contributed by atoms with Crippen molar-refractivity contribution in [3.8, 4) is 0 Å². The lowest BCUT2D eigenvalue weighted by Crippen LogP contribution is -2.21. The van der Waals surface area contributed by atoms with Gasteiger partial charge in [-0.25, -0.2) is 0 Å². The van der Waals surface area contributed by atoms with Gasteiger partial charge in [0.15, 0.2) is 0 Å². The summed E-state index contributed by atoms with van der Waals surface area (Å²) in [6, 6.07) is 10.9. The number of rotatable bonds is 5. The molecular weight excluding hydrogens is 167 g/mol. The average Bonchev–Trinajstić information content (AvgIpc) is 2.27. The first kappa shape index (κ1) is 11.4.